The van der Waals surface area contributed by atoms with Crippen molar-refractivity contribution in [2.24, 2.45) is 0 Å². The monoisotopic (exact) mass is 277 g/mol. The number of benzene rings is 1. The van der Waals surface area contributed by atoms with Crippen molar-refractivity contribution in [3.05, 3.63) is 29.3 Å². The predicted molar refractivity (Wildman–Crippen MR) is 82.2 cm³/mol. The fourth-order valence-electron chi connectivity index (χ4n) is 3.37. The van der Waals surface area contributed by atoms with E-state index in [2.05, 4.69) is 45.6 Å². The normalized spacial score (nSPS) is 24.4. The third kappa shape index (κ3) is 2.45. The molecule has 20 heavy (non-hydrogen) atoms. The zero-order chi connectivity index (χ0) is 14.9. The summed E-state index contributed by atoms with van der Waals surface area (Å²) in [5.74, 6) is 0.885. The lowest BCUT2D eigenvalue weighted by atomic mass is 9.83. The maximum atomic E-state index is 10.9. The van der Waals surface area contributed by atoms with Crippen LogP contribution in [-0.4, -0.2) is 34.7 Å². The van der Waals surface area contributed by atoms with Gasteiger partial charge in [0.05, 0.1) is 6.04 Å². The van der Waals surface area contributed by atoms with E-state index in [-0.39, 0.29) is 6.04 Å². The summed E-state index contributed by atoms with van der Waals surface area (Å²) < 4.78 is 6.31. The number of ether oxygens (including phenoxy) is 1. The van der Waals surface area contributed by atoms with E-state index >= 15 is 0 Å². The molecule has 0 radical (unpaired) electrons. The number of nitrogens with zero attached hydrogens (tertiary/aromatic N) is 1. The van der Waals surface area contributed by atoms with E-state index in [0.717, 1.165) is 30.8 Å². The molecule has 1 aliphatic heterocycles. The maximum absolute atomic E-state index is 10.9. The lowest BCUT2D eigenvalue weighted by Crippen LogP contribution is -2.58. The molecule has 0 saturated heterocycles. The molecule has 0 amide bonds. The lowest BCUT2D eigenvalue weighted by Gasteiger charge is -2.48. The highest BCUT2D eigenvalue weighted by molar-refractivity contribution is 5.46. The zero-order valence-electron chi connectivity index (χ0n) is 13.3. The fourth-order valence-corrected chi connectivity index (χ4v) is 3.37. The van der Waals surface area contributed by atoms with Gasteiger partial charge in [0.1, 0.15) is 17.5 Å². The zero-order valence-corrected chi connectivity index (χ0v) is 13.3. The van der Waals surface area contributed by atoms with Gasteiger partial charge in [-0.25, -0.2) is 0 Å². The number of hydrogen-bond acceptors (Lipinski definition) is 3. The molecular formula is C17H27NO2. The molecule has 1 heterocycles. The minimum Gasteiger partial charge on any atom is -0.485 e. The molecule has 2 unspecified atom stereocenters. The van der Waals surface area contributed by atoms with Crippen molar-refractivity contribution in [2.75, 3.05) is 13.1 Å². The van der Waals surface area contributed by atoms with E-state index in [0.29, 0.717) is 0 Å². The first-order valence-corrected chi connectivity index (χ1v) is 7.69. The number of para-hydroxylation sites is 1. The smallest absolute Gasteiger partial charge is 0.129 e. The van der Waals surface area contributed by atoms with Crippen molar-refractivity contribution < 1.29 is 9.84 Å². The molecule has 3 heteroatoms. The second kappa shape index (κ2) is 5.74. The van der Waals surface area contributed by atoms with Gasteiger partial charge in [0.15, 0.2) is 0 Å². The van der Waals surface area contributed by atoms with E-state index in [1.54, 1.807) is 0 Å². The topological polar surface area (TPSA) is 32.7 Å². The van der Waals surface area contributed by atoms with Gasteiger partial charge < -0.3 is 9.84 Å². The first-order chi connectivity index (χ1) is 9.46. The molecule has 1 aromatic carbocycles. The molecule has 0 spiro atoms. The lowest BCUT2D eigenvalue weighted by molar-refractivity contribution is -0.0803. The molecule has 1 N–H and O–H groups in total. The summed E-state index contributed by atoms with van der Waals surface area (Å²) in [4.78, 5) is 2.28. The Morgan fingerprint density at radius 1 is 1.20 bits per heavy atom. The quantitative estimate of drug-likeness (QED) is 0.917. The highest BCUT2D eigenvalue weighted by atomic mass is 16.5. The number of rotatable bonds is 4. The number of aliphatic hydroxyl groups excluding tert-OH is 1. The predicted octanol–water partition coefficient (Wildman–Crippen LogP) is 3.16. The summed E-state index contributed by atoms with van der Waals surface area (Å²) in [6.07, 6.45) is 0.419. The van der Waals surface area contributed by atoms with Crippen LogP contribution in [0.5, 0.6) is 5.75 Å². The fraction of sp³-hybridized carbons (Fsp3) is 0.647. The Kier molecular flexibility index (Phi) is 4.40. The van der Waals surface area contributed by atoms with Crippen LogP contribution in [0.3, 0.4) is 0 Å². The molecule has 1 aliphatic rings. The van der Waals surface area contributed by atoms with Crippen molar-refractivity contribution >= 4 is 0 Å². The average molecular weight is 277 g/mol. The SMILES string of the molecule is CCc1cccc2c1OC(C)(C)C(N(CC)CC)C2O. The van der Waals surface area contributed by atoms with Crippen LogP contribution in [0.4, 0.5) is 0 Å². The number of likely N-dealkylation sites (N-methyl/N-ethyl adjacent to an activating group) is 1. The van der Waals surface area contributed by atoms with E-state index < -0.39 is 11.7 Å². The van der Waals surface area contributed by atoms with Gasteiger partial charge in [0.25, 0.3) is 0 Å². The summed E-state index contributed by atoms with van der Waals surface area (Å²) in [6, 6.07) is 6.07. The van der Waals surface area contributed by atoms with E-state index in [9.17, 15) is 5.11 Å². The third-order valence-corrected chi connectivity index (χ3v) is 4.41. The van der Waals surface area contributed by atoms with E-state index in [1.807, 2.05) is 12.1 Å². The molecule has 2 rings (SSSR count). The molecular weight excluding hydrogens is 250 g/mol. The Morgan fingerprint density at radius 2 is 1.85 bits per heavy atom. The van der Waals surface area contributed by atoms with Crippen molar-refractivity contribution in [2.45, 2.75) is 58.8 Å². The molecule has 3 nitrogen and oxygen atoms in total. The Balaban J connectivity index is 2.49. The van der Waals surface area contributed by atoms with Crippen LogP contribution < -0.4 is 4.74 Å². The molecule has 0 aromatic heterocycles. The Bertz CT molecular complexity index is 466. The minimum absolute atomic E-state index is 0.0166. The summed E-state index contributed by atoms with van der Waals surface area (Å²) in [5.41, 5.74) is 1.71. The number of aliphatic hydroxyl groups is 1. The molecule has 0 bridgehead atoms. The van der Waals surface area contributed by atoms with E-state index in [1.165, 1.54) is 5.56 Å². The standard InChI is InChI=1S/C17H27NO2/c1-6-12-10-9-11-13-14(19)16(18(7-2)8-3)17(4,5)20-15(12)13/h9-11,14,16,19H,6-8H2,1-5H3. The highest BCUT2D eigenvalue weighted by Crippen LogP contribution is 2.43. The third-order valence-electron chi connectivity index (χ3n) is 4.41. The second-order valence-corrected chi connectivity index (χ2v) is 6.01. The molecule has 0 aliphatic carbocycles. The number of fused-ring (bicyclic) bond motifs is 1. The molecule has 0 saturated carbocycles. The van der Waals surface area contributed by atoms with Crippen LogP contribution in [0.15, 0.2) is 18.2 Å². The van der Waals surface area contributed by atoms with Gasteiger partial charge in [-0.15, -0.1) is 0 Å². The average Bonchev–Trinajstić information content (AvgIpc) is 2.42. The summed E-state index contributed by atoms with van der Waals surface area (Å²) in [6.45, 7) is 12.4. The van der Waals surface area contributed by atoms with Crippen LogP contribution in [0.2, 0.25) is 0 Å². The van der Waals surface area contributed by atoms with Gasteiger partial charge in [0.2, 0.25) is 0 Å². The molecule has 112 valence electrons. The molecule has 2 atom stereocenters. The molecule has 1 aromatic rings. The van der Waals surface area contributed by atoms with E-state index in [4.69, 9.17) is 4.74 Å². The van der Waals surface area contributed by atoms with Crippen molar-refractivity contribution in [1.29, 1.82) is 0 Å². The summed E-state index contributed by atoms with van der Waals surface area (Å²) >= 11 is 0. The Morgan fingerprint density at radius 3 is 2.40 bits per heavy atom. The highest BCUT2D eigenvalue weighted by Gasteiger charge is 2.46. The number of hydrogen-bond donors (Lipinski definition) is 1. The van der Waals surface area contributed by atoms with Crippen LogP contribution in [0.25, 0.3) is 0 Å². The van der Waals surface area contributed by atoms with Gasteiger partial charge in [-0.3, -0.25) is 4.90 Å². The second-order valence-electron chi connectivity index (χ2n) is 6.01. The van der Waals surface area contributed by atoms with Gasteiger partial charge in [-0.2, -0.15) is 0 Å². The first kappa shape index (κ1) is 15.3. The maximum Gasteiger partial charge on any atom is 0.129 e. The van der Waals surface area contributed by atoms with Crippen molar-refractivity contribution in [1.82, 2.24) is 4.90 Å². The van der Waals surface area contributed by atoms with Crippen LogP contribution in [0, 0.1) is 0 Å². The molecule has 0 fully saturated rings. The van der Waals surface area contributed by atoms with Crippen LogP contribution in [0.1, 0.15) is 51.8 Å². The summed E-state index contributed by atoms with van der Waals surface area (Å²) in [5, 5.41) is 10.9. The number of aryl methyl sites for hydroxylation is 1. The van der Waals surface area contributed by atoms with Crippen molar-refractivity contribution in [3.63, 3.8) is 0 Å². The van der Waals surface area contributed by atoms with Crippen LogP contribution >= 0.6 is 0 Å². The Hall–Kier alpha value is -1.06. The summed E-state index contributed by atoms with van der Waals surface area (Å²) in [7, 11) is 0. The van der Waals surface area contributed by atoms with Gasteiger partial charge in [0, 0.05) is 5.56 Å². The Labute approximate surface area is 122 Å². The van der Waals surface area contributed by atoms with Gasteiger partial charge in [-0.05, 0) is 38.9 Å². The first-order valence-electron chi connectivity index (χ1n) is 7.69. The largest absolute Gasteiger partial charge is 0.485 e. The van der Waals surface area contributed by atoms with Crippen molar-refractivity contribution in [3.8, 4) is 5.75 Å². The van der Waals surface area contributed by atoms with Gasteiger partial charge in [-0.1, -0.05) is 39.0 Å². The minimum atomic E-state index is -0.500. The van der Waals surface area contributed by atoms with Crippen LogP contribution in [-0.2, 0) is 6.42 Å². The van der Waals surface area contributed by atoms with Gasteiger partial charge >= 0.3 is 0 Å².